The number of anilines is 1. The van der Waals surface area contributed by atoms with Crippen LogP contribution in [-0.2, 0) is 0 Å². The Morgan fingerprint density at radius 3 is 2.71 bits per heavy atom. The number of hydrogen-bond donors (Lipinski definition) is 1. The van der Waals surface area contributed by atoms with E-state index in [0.717, 1.165) is 0 Å². The normalized spacial score (nSPS) is 10.4. The smallest absolute Gasteiger partial charge is 0.224 e. The molecule has 0 bridgehead atoms. The Balaban J connectivity index is 2.55. The van der Waals surface area contributed by atoms with Crippen molar-refractivity contribution >= 4 is 28.9 Å². The van der Waals surface area contributed by atoms with Gasteiger partial charge in [0.15, 0.2) is 5.82 Å². The van der Waals surface area contributed by atoms with Crippen molar-refractivity contribution in [3.63, 3.8) is 0 Å². The number of halogens is 2. The maximum Gasteiger partial charge on any atom is 0.224 e. The van der Waals surface area contributed by atoms with Gasteiger partial charge in [-0.3, -0.25) is 0 Å². The molecule has 0 saturated carbocycles. The summed E-state index contributed by atoms with van der Waals surface area (Å²) < 4.78 is 1.44. The van der Waals surface area contributed by atoms with Gasteiger partial charge in [-0.15, -0.1) is 0 Å². The molecular weight excluding hydrogens is 225 g/mol. The van der Waals surface area contributed by atoms with Crippen LogP contribution < -0.4 is 5.73 Å². The standard InChI is InChI=1S/C7H5Cl2N5/c8-5-2-11-7(9)13-6(5)14-3-4(10)1-12-14/h1-3H,10H2. The molecule has 0 unspecified atom stereocenters. The van der Waals surface area contributed by atoms with Gasteiger partial charge in [0.05, 0.1) is 24.3 Å². The second-order valence-corrected chi connectivity index (χ2v) is 3.27. The van der Waals surface area contributed by atoms with Crippen LogP contribution in [0.25, 0.3) is 5.82 Å². The molecule has 7 heteroatoms. The molecule has 0 spiro atoms. The van der Waals surface area contributed by atoms with Crippen molar-refractivity contribution in [3.05, 3.63) is 28.9 Å². The van der Waals surface area contributed by atoms with E-state index in [1.165, 1.54) is 17.1 Å². The van der Waals surface area contributed by atoms with Gasteiger partial charge in [-0.25, -0.2) is 9.67 Å². The monoisotopic (exact) mass is 229 g/mol. The lowest BCUT2D eigenvalue weighted by atomic mass is 10.5. The van der Waals surface area contributed by atoms with Crippen LogP contribution in [0.2, 0.25) is 10.3 Å². The van der Waals surface area contributed by atoms with Crippen LogP contribution in [0.5, 0.6) is 0 Å². The zero-order valence-corrected chi connectivity index (χ0v) is 8.37. The molecule has 0 aliphatic heterocycles. The average Bonchev–Trinajstić information content (AvgIpc) is 2.56. The second kappa shape index (κ2) is 3.43. The van der Waals surface area contributed by atoms with E-state index in [1.807, 2.05) is 0 Å². The summed E-state index contributed by atoms with van der Waals surface area (Å²) in [5, 5.41) is 4.41. The predicted octanol–water partition coefficient (Wildman–Crippen LogP) is 1.55. The molecule has 0 atom stereocenters. The molecule has 5 nitrogen and oxygen atoms in total. The van der Waals surface area contributed by atoms with Crippen molar-refractivity contribution < 1.29 is 0 Å². The van der Waals surface area contributed by atoms with Gasteiger partial charge in [-0.2, -0.15) is 10.1 Å². The van der Waals surface area contributed by atoms with Crippen LogP contribution in [0.3, 0.4) is 0 Å². The molecular formula is C7H5Cl2N5. The topological polar surface area (TPSA) is 69.6 Å². The van der Waals surface area contributed by atoms with Gasteiger partial charge >= 0.3 is 0 Å². The molecule has 0 radical (unpaired) electrons. The largest absolute Gasteiger partial charge is 0.396 e. The summed E-state index contributed by atoms with van der Waals surface area (Å²) >= 11 is 11.5. The highest BCUT2D eigenvalue weighted by molar-refractivity contribution is 6.32. The summed E-state index contributed by atoms with van der Waals surface area (Å²) in [6.07, 6.45) is 4.49. The van der Waals surface area contributed by atoms with Crippen LogP contribution in [-0.4, -0.2) is 19.7 Å². The molecule has 2 aromatic heterocycles. The average molecular weight is 230 g/mol. The Kier molecular flexibility index (Phi) is 2.26. The van der Waals surface area contributed by atoms with E-state index in [1.54, 1.807) is 6.20 Å². The van der Waals surface area contributed by atoms with Crippen LogP contribution >= 0.6 is 23.2 Å². The second-order valence-electron chi connectivity index (χ2n) is 2.53. The van der Waals surface area contributed by atoms with Crippen molar-refractivity contribution in [1.82, 2.24) is 19.7 Å². The summed E-state index contributed by atoms with van der Waals surface area (Å²) in [4.78, 5) is 7.65. The quantitative estimate of drug-likeness (QED) is 0.754. The molecule has 0 aliphatic carbocycles. The molecule has 2 N–H and O–H groups in total. The summed E-state index contributed by atoms with van der Waals surface area (Å²) in [5.74, 6) is 0.406. The Morgan fingerprint density at radius 2 is 2.07 bits per heavy atom. The predicted molar refractivity (Wildman–Crippen MR) is 53.6 cm³/mol. The molecule has 14 heavy (non-hydrogen) atoms. The minimum Gasteiger partial charge on any atom is -0.396 e. The maximum atomic E-state index is 5.85. The van der Waals surface area contributed by atoms with Gasteiger partial charge in [0.1, 0.15) is 5.02 Å². The van der Waals surface area contributed by atoms with E-state index in [9.17, 15) is 0 Å². The lowest BCUT2D eigenvalue weighted by Crippen LogP contribution is -2.00. The van der Waals surface area contributed by atoms with E-state index in [0.29, 0.717) is 16.5 Å². The first-order chi connectivity index (χ1) is 6.66. The van der Waals surface area contributed by atoms with Crippen LogP contribution in [0.4, 0.5) is 5.69 Å². The van der Waals surface area contributed by atoms with Gasteiger partial charge in [-0.05, 0) is 11.6 Å². The highest BCUT2D eigenvalue weighted by Crippen LogP contribution is 2.18. The summed E-state index contributed by atoms with van der Waals surface area (Å²) in [6.45, 7) is 0. The van der Waals surface area contributed by atoms with E-state index in [4.69, 9.17) is 28.9 Å². The van der Waals surface area contributed by atoms with Crippen molar-refractivity contribution in [2.24, 2.45) is 0 Å². The Labute approximate surface area is 89.5 Å². The fourth-order valence-electron chi connectivity index (χ4n) is 0.951. The van der Waals surface area contributed by atoms with E-state index >= 15 is 0 Å². The SMILES string of the molecule is Nc1cnn(-c2nc(Cl)ncc2Cl)c1. The number of hydrogen-bond acceptors (Lipinski definition) is 4. The molecule has 0 saturated heterocycles. The van der Waals surface area contributed by atoms with Gasteiger partial charge in [0.25, 0.3) is 0 Å². The lowest BCUT2D eigenvalue weighted by Gasteiger charge is -2.01. The van der Waals surface area contributed by atoms with E-state index in [-0.39, 0.29) is 5.28 Å². The molecule has 2 aromatic rings. The minimum absolute atomic E-state index is 0.110. The first kappa shape index (κ1) is 9.23. The third kappa shape index (κ3) is 1.64. The van der Waals surface area contributed by atoms with Crippen LogP contribution in [0.15, 0.2) is 18.6 Å². The fourth-order valence-corrected chi connectivity index (χ4v) is 1.26. The lowest BCUT2D eigenvalue weighted by molar-refractivity contribution is 0.840. The van der Waals surface area contributed by atoms with Crippen molar-refractivity contribution in [2.45, 2.75) is 0 Å². The minimum atomic E-state index is 0.110. The third-order valence-corrected chi connectivity index (χ3v) is 1.96. The first-order valence-corrected chi connectivity index (χ1v) is 4.41. The number of nitrogen functional groups attached to an aromatic ring is 1. The summed E-state index contributed by atoms with van der Waals surface area (Å²) in [5.41, 5.74) is 6.03. The number of aromatic nitrogens is 4. The zero-order valence-electron chi connectivity index (χ0n) is 6.85. The van der Waals surface area contributed by atoms with E-state index < -0.39 is 0 Å². The number of rotatable bonds is 1. The fraction of sp³-hybridized carbons (Fsp3) is 0. The first-order valence-electron chi connectivity index (χ1n) is 3.65. The maximum absolute atomic E-state index is 5.85. The highest BCUT2D eigenvalue weighted by Gasteiger charge is 2.07. The molecule has 2 heterocycles. The number of nitrogens with two attached hydrogens (primary N) is 1. The zero-order chi connectivity index (χ0) is 10.1. The summed E-state index contributed by atoms with van der Waals surface area (Å²) in [6, 6.07) is 0. The number of nitrogens with zero attached hydrogens (tertiary/aromatic N) is 4. The molecule has 0 amide bonds. The Morgan fingerprint density at radius 1 is 1.29 bits per heavy atom. The van der Waals surface area contributed by atoms with Gasteiger partial charge in [0.2, 0.25) is 5.28 Å². The van der Waals surface area contributed by atoms with Crippen LogP contribution in [0.1, 0.15) is 0 Å². The van der Waals surface area contributed by atoms with Gasteiger partial charge in [-0.1, -0.05) is 11.6 Å². The summed E-state index contributed by atoms with van der Waals surface area (Å²) in [7, 11) is 0. The molecule has 0 aliphatic rings. The van der Waals surface area contributed by atoms with Gasteiger partial charge < -0.3 is 5.73 Å². The van der Waals surface area contributed by atoms with Crippen LogP contribution in [0, 0.1) is 0 Å². The Bertz CT molecular complexity index is 467. The molecule has 2 rings (SSSR count). The third-order valence-electron chi connectivity index (χ3n) is 1.52. The van der Waals surface area contributed by atoms with Gasteiger partial charge in [0, 0.05) is 0 Å². The molecule has 0 fully saturated rings. The van der Waals surface area contributed by atoms with Crippen molar-refractivity contribution in [2.75, 3.05) is 5.73 Å². The molecule has 72 valence electrons. The van der Waals surface area contributed by atoms with Crippen molar-refractivity contribution in [3.8, 4) is 5.82 Å². The van der Waals surface area contributed by atoms with Crippen molar-refractivity contribution in [1.29, 1.82) is 0 Å². The Hall–Kier alpha value is -1.33. The highest BCUT2D eigenvalue weighted by atomic mass is 35.5. The van der Waals surface area contributed by atoms with E-state index in [2.05, 4.69) is 15.1 Å². The molecule has 0 aromatic carbocycles.